The molecule has 3 rings (SSSR count). The highest BCUT2D eigenvalue weighted by atomic mass is 19.4. The predicted molar refractivity (Wildman–Crippen MR) is 95.2 cm³/mol. The summed E-state index contributed by atoms with van der Waals surface area (Å²) in [6, 6.07) is 25.0. The molecule has 0 nitrogen and oxygen atoms in total. The Morgan fingerprint density at radius 3 is 1.72 bits per heavy atom. The Morgan fingerprint density at radius 1 is 0.640 bits per heavy atom. The smallest absolute Gasteiger partial charge is 0.166 e. The summed E-state index contributed by atoms with van der Waals surface area (Å²) in [6.45, 7) is 0. The summed E-state index contributed by atoms with van der Waals surface area (Å²) < 4.78 is 38.4. The first-order chi connectivity index (χ1) is 12.0. The maximum Gasteiger partial charge on any atom is 0.416 e. The maximum absolute atomic E-state index is 12.8. The summed E-state index contributed by atoms with van der Waals surface area (Å²) in [7, 11) is 0. The normalized spacial score (nSPS) is 13.1. The molecule has 0 saturated heterocycles. The Bertz CT molecular complexity index is 817. The average Bonchev–Trinajstić information content (AvgIpc) is 2.63. The third kappa shape index (κ3) is 4.38. The molecule has 0 bridgehead atoms. The Kier molecular flexibility index (Phi) is 5.03. The lowest BCUT2D eigenvalue weighted by Gasteiger charge is -2.15. The Balaban J connectivity index is 1.96. The van der Waals surface area contributed by atoms with Gasteiger partial charge in [-0.2, -0.15) is 13.2 Å². The van der Waals surface area contributed by atoms with Crippen molar-refractivity contribution in [3.63, 3.8) is 0 Å². The molecule has 0 fully saturated rings. The Morgan fingerprint density at radius 2 is 1.16 bits per heavy atom. The van der Waals surface area contributed by atoms with Crippen LogP contribution in [0.3, 0.4) is 0 Å². The van der Waals surface area contributed by atoms with E-state index in [1.54, 1.807) is 12.1 Å². The monoisotopic (exact) mass is 338 g/mol. The van der Waals surface area contributed by atoms with Gasteiger partial charge in [-0.25, -0.2) is 0 Å². The lowest BCUT2D eigenvalue weighted by atomic mass is 9.90. The minimum absolute atomic E-state index is 0.108. The van der Waals surface area contributed by atoms with Gasteiger partial charge in [-0.3, -0.25) is 0 Å². The maximum atomic E-state index is 12.8. The van der Waals surface area contributed by atoms with Crippen LogP contribution in [0.1, 0.15) is 28.2 Å². The predicted octanol–water partition coefficient (Wildman–Crippen LogP) is 6.55. The Hall–Kier alpha value is -2.81. The van der Waals surface area contributed by atoms with Crippen LogP contribution in [0, 0.1) is 0 Å². The molecule has 0 aliphatic rings. The first-order valence-corrected chi connectivity index (χ1v) is 7.99. The summed E-state index contributed by atoms with van der Waals surface area (Å²) in [4.78, 5) is 0. The molecule has 1 atom stereocenters. The van der Waals surface area contributed by atoms with E-state index in [1.165, 1.54) is 0 Å². The lowest BCUT2D eigenvalue weighted by Crippen LogP contribution is -2.05. The molecule has 3 heteroatoms. The fraction of sp³-hybridized carbons (Fsp3) is 0.0909. The van der Waals surface area contributed by atoms with E-state index < -0.39 is 11.7 Å². The van der Waals surface area contributed by atoms with Crippen LogP contribution in [0.25, 0.3) is 6.08 Å². The van der Waals surface area contributed by atoms with Crippen molar-refractivity contribution in [1.82, 2.24) is 0 Å². The number of alkyl halides is 3. The quantitative estimate of drug-likeness (QED) is 0.506. The van der Waals surface area contributed by atoms with E-state index in [-0.39, 0.29) is 5.92 Å². The van der Waals surface area contributed by atoms with Crippen molar-refractivity contribution in [2.75, 3.05) is 0 Å². The highest BCUT2D eigenvalue weighted by Gasteiger charge is 2.30. The van der Waals surface area contributed by atoms with E-state index in [0.29, 0.717) is 0 Å². The number of benzene rings is 3. The molecule has 0 N–H and O–H groups in total. The van der Waals surface area contributed by atoms with Crippen LogP contribution in [-0.2, 0) is 6.18 Å². The van der Waals surface area contributed by atoms with Crippen LogP contribution in [0.4, 0.5) is 13.2 Å². The topological polar surface area (TPSA) is 0 Å². The second-order valence-electron chi connectivity index (χ2n) is 5.78. The standard InChI is InChI=1S/C22H17F3/c23-22(24,25)20-14-12-19(13-15-20)21(18-9-5-2-6-10-18)16-11-17-7-3-1-4-8-17/h1-16,21H/b16-11+/t21-/m0/s1. The number of halogens is 3. The second-order valence-corrected chi connectivity index (χ2v) is 5.78. The number of rotatable bonds is 4. The van der Waals surface area contributed by atoms with E-state index in [4.69, 9.17) is 0 Å². The molecule has 25 heavy (non-hydrogen) atoms. The van der Waals surface area contributed by atoms with Gasteiger partial charge in [0.1, 0.15) is 0 Å². The highest BCUT2D eigenvalue weighted by Crippen LogP contribution is 2.32. The summed E-state index contributed by atoms with van der Waals surface area (Å²) in [5.41, 5.74) is 2.28. The molecule has 3 aromatic rings. The number of hydrogen-bond donors (Lipinski definition) is 0. The molecule has 0 saturated carbocycles. The molecular weight excluding hydrogens is 321 g/mol. The van der Waals surface area contributed by atoms with Crippen molar-refractivity contribution in [2.24, 2.45) is 0 Å². The van der Waals surface area contributed by atoms with Gasteiger partial charge in [-0.15, -0.1) is 0 Å². The van der Waals surface area contributed by atoms with Crippen molar-refractivity contribution in [1.29, 1.82) is 0 Å². The van der Waals surface area contributed by atoms with E-state index in [0.717, 1.165) is 28.8 Å². The SMILES string of the molecule is FC(F)(F)c1ccc([C@@H](/C=C/c2ccccc2)c2ccccc2)cc1. The van der Waals surface area contributed by atoms with Crippen LogP contribution < -0.4 is 0 Å². The van der Waals surface area contributed by atoms with E-state index >= 15 is 0 Å². The zero-order valence-electron chi connectivity index (χ0n) is 13.4. The first kappa shape index (κ1) is 17.0. The summed E-state index contributed by atoms with van der Waals surface area (Å²) in [5, 5.41) is 0. The van der Waals surface area contributed by atoms with Crippen molar-refractivity contribution < 1.29 is 13.2 Å². The minimum atomic E-state index is -4.32. The van der Waals surface area contributed by atoms with Gasteiger partial charge in [0.15, 0.2) is 0 Å². The van der Waals surface area contributed by atoms with Crippen LogP contribution in [0.5, 0.6) is 0 Å². The molecule has 3 aromatic carbocycles. The van der Waals surface area contributed by atoms with Crippen LogP contribution in [-0.4, -0.2) is 0 Å². The average molecular weight is 338 g/mol. The van der Waals surface area contributed by atoms with Crippen LogP contribution in [0.15, 0.2) is 91.0 Å². The fourth-order valence-corrected chi connectivity index (χ4v) is 2.73. The highest BCUT2D eigenvalue weighted by molar-refractivity contribution is 5.53. The van der Waals surface area contributed by atoms with Crippen LogP contribution in [0.2, 0.25) is 0 Å². The molecule has 0 radical (unpaired) electrons. The van der Waals surface area contributed by atoms with Gasteiger partial charge in [0.2, 0.25) is 0 Å². The molecule has 0 aliphatic heterocycles. The summed E-state index contributed by atoms with van der Waals surface area (Å²) in [5.74, 6) is -0.108. The van der Waals surface area contributed by atoms with E-state index in [1.807, 2.05) is 72.8 Å². The fourth-order valence-electron chi connectivity index (χ4n) is 2.73. The Labute approximate surface area is 145 Å². The lowest BCUT2D eigenvalue weighted by molar-refractivity contribution is -0.137. The molecule has 126 valence electrons. The second kappa shape index (κ2) is 7.39. The molecule has 0 unspecified atom stereocenters. The molecule has 0 aliphatic carbocycles. The van der Waals surface area contributed by atoms with Crippen molar-refractivity contribution in [3.05, 3.63) is 113 Å². The van der Waals surface area contributed by atoms with Crippen molar-refractivity contribution >= 4 is 6.08 Å². The molecule has 0 spiro atoms. The van der Waals surface area contributed by atoms with Gasteiger partial charge < -0.3 is 0 Å². The summed E-state index contributed by atoms with van der Waals surface area (Å²) in [6.07, 6.45) is -0.302. The van der Waals surface area contributed by atoms with Gasteiger partial charge in [-0.05, 0) is 28.8 Å². The van der Waals surface area contributed by atoms with Gasteiger partial charge in [-0.1, -0.05) is 84.9 Å². The number of allylic oxidation sites excluding steroid dienone is 1. The molecule has 0 heterocycles. The number of hydrogen-bond acceptors (Lipinski definition) is 0. The third-order valence-electron chi connectivity index (χ3n) is 4.04. The zero-order valence-corrected chi connectivity index (χ0v) is 13.4. The van der Waals surface area contributed by atoms with Gasteiger partial charge in [0.05, 0.1) is 5.56 Å². The van der Waals surface area contributed by atoms with Crippen molar-refractivity contribution in [2.45, 2.75) is 12.1 Å². The zero-order chi connectivity index (χ0) is 17.7. The first-order valence-electron chi connectivity index (χ1n) is 7.99. The van der Waals surface area contributed by atoms with Crippen LogP contribution >= 0.6 is 0 Å². The molecule has 0 aromatic heterocycles. The van der Waals surface area contributed by atoms with E-state index in [9.17, 15) is 13.2 Å². The minimum Gasteiger partial charge on any atom is -0.166 e. The van der Waals surface area contributed by atoms with Crippen molar-refractivity contribution in [3.8, 4) is 0 Å². The molecular formula is C22H17F3. The summed E-state index contributed by atoms with van der Waals surface area (Å²) >= 11 is 0. The van der Waals surface area contributed by atoms with Gasteiger partial charge in [0.25, 0.3) is 0 Å². The molecule has 0 amide bonds. The van der Waals surface area contributed by atoms with E-state index in [2.05, 4.69) is 0 Å². The van der Waals surface area contributed by atoms with Gasteiger partial charge in [0, 0.05) is 5.92 Å². The van der Waals surface area contributed by atoms with Gasteiger partial charge >= 0.3 is 6.18 Å². The largest absolute Gasteiger partial charge is 0.416 e. The third-order valence-corrected chi connectivity index (χ3v) is 4.04.